The van der Waals surface area contributed by atoms with Crippen molar-refractivity contribution in [2.45, 2.75) is 26.4 Å². The van der Waals surface area contributed by atoms with E-state index in [2.05, 4.69) is 15.8 Å². The Morgan fingerprint density at radius 2 is 1.67 bits per heavy atom. The van der Waals surface area contributed by atoms with E-state index in [1.165, 1.54) is 11.7 Å². The summed E-state index contributed by atoms with van der Waals surface area (Å²) in [5.74, 6) is 0.592. The molecule has 4 rings (SSSR count). The number of H-pyrrole nitrogens is 1. The number of pyridine rings is 1. The fraction of sp³-hybridized carbons (Fsp3) is 0.269. The molecule has 2 amide bonds. The van der Waals surface area contributed by atoms with Gasteiger partial charge in [0.25, 0.3) is 11.5 Å². The van der Waals surface area contributed by atoms with Crippen LogP contribution in [-0.4, -0.2) is 41.4 Å². The van der Waals surface area contributed by atoms with Gasteiger partial charge in [-0.05, 0) is 57.2 Å². The van der Waals surface area contributed by atoms with E-state index in [9.17, 15) is 14.4 Å². The van der Waals surface area contributed by atoms with Crippen LogP contribution in [0.15, 0.2) is 47.3 Å². The number of carbonyl (C=O) groups excluding carboxylic acids is 2. The first-order valence-corrected chi connectivity index (χ1v) is 11.2. The van der Waals surface area contributed by atoms with Crippen LogP contribution in [0.25, 0.3) is 33.1 Å². The molecule has 0 saturated heterocycles. The Morgan fingerprint density at radius 3 is 2.33 bits per heavy atom. The number of nitrogens with one attached hydrogen (secondary N) is 3. The zero-order valence-electron chi connectivity index (χ0n) is 20.9. The zero-order valence-corrected chi connectivity index (χ0v) is 20.9. The highest BCUT2D eigenvalue weighted by atomic mass is 16.6. The highest BCUT2D eigenvalue weighted by molar-refractivity contribution is 6.10. The summed E-state index contributed by atoms with van der Waals surface area (Å²) >= 11 is 0. The van der Waals surface area contributed by atoms with Crippen LogP contribution < -0.4 is 25.9 Å². The van der Waals surface area contributed by atoms with E-state index in [4.69, 9.17) is 14.2 Å². The van der Waals surface area contributed by atoms with E-state index in [1.807, 2.05) is 0 Å². The zero-order chi connectivity index (χ0) is 26.2. The molecule has 0 aliphatic carbocycles. The third-order valence-corrected chi connectivity index (χ3v) is 5.62. The van der Waals surface area contributed by atoms with Crippen LogP contribution in [0.4, 0.5) is 4.79 Å². The molecule has 0 aliphatic rings. The lowest BCUT2D eigenvalue weighted by molar-refractivity contribution is 0.0483. The van der Waals surface area contributed by atoms with E-state index in [0.717, 1.165) is 16.3 Å². The Bertz CT molecular complexity index is 1540. The number of hydrogen-bond acceptors (Lipinski definition) is 6. The number of rotatable bonds is 4. The Kier molecular flexibility index (Phi) is 6.36. The SMILES string of the molecule is COc1ccc(-c2cc3c4cc(C(=O)NNC(=O)OC(C)(C)C)ccc4[nH]c3n(C)c2=O)c(OC)c1. The number of benzene rings is 2. The number of hydrogen-bond donors (Lipinski definition) is 3. The number of hydrazine groups is 1. The van der Waals surface area contributed by atoms with Gasteiger partial charge in [0.05, 0.1) is 19.8 Å². The van der Waals surface area contributed by atoms with Gasteiger partial charge in [0, 0.05) is 40.5 Å². The van der Waals surface area contributed by atoms with Crippen LogP contribution in [0.5, 0.6) is 11.5 Å². The maximum atomic E-state index is 13.2. The van der Waals surface area contributed by atoms with E-state index < -0.39 is 17.6 Å². The van der Waals surface area contributed by atoms with Gasteiger partial charge in [0.15, 0.2) is 0 Å². The second kappa shape index (κ2) is 9.29. The van der Waals surface area contributed by atoms with Gasteiger partial charge in [-0.15, -0.1) is 0 Å². The summed E-state index contributed by atoms with van der Waals surface area (Å²) in [5.41, 5.74) is 6.42. The summed E-state index contributed by atoms with van der Waals surface area (Å²) in [5, 5.41) is 1.48. The minimum atomic E-state index is -0.767. The number of fused-ring (bicyclic) bond motifs is 3. The fourth-order valence-electron chi connectivity index (χ4n) is 3.94. The molecular weight excluding hydrogens is 464 g/mol. The summed E-state index contributed by atoms with van der Waals surface area (Å²) in [7, 11) is 4.77. The monoisotopic (exact) mass is 492 g/mol. The summed E-state index contributed by atoms with van der Waals surface area (Å²) in [6.07, 6.45) is -0.767. The van der Waals surface area contributed by atoms with Gasteiger partial charge in [-0.25, -0.2) is 10.2 Å². The van der Waals surface area contributed by atoms with Gasteiger partial charge in [-0.3, -0.25) is 19.6 Å². The molecule has 0 radical (unpaired) electrons. The standard InChI is InChI=1S/C26H28N4O6/c1-26(2,3)36-25(33)29-28-23(31)14-7-10-20-17(11-14)18-13-19(24(32)30(4)22(18)27-20)16-9-8-15(34-5)12-21(16)35-6/h7-13,27H,1-6H3,(H,28,31)(H,29,33). The van der Waals surface area contributed by atoms with Crippen molar-refractivity contribution in [1.82, 2.24) is 20.4 Å². The third kappa shape index (κ3) is 4.70. The number of aromatic amines is 1. The molecule has 4 aromatic rings. The quantitative estimate of drug-likeness (QED) is 0.372. The number of ether oxygens (including phenoxy) is 3. The summed E-state index contributed by atoms with van der Waals surface area (Å²) in [4.78, 5) is 41.1. The van der Waals surface area contributed by atoms with E-state index in [0.29, 0.717) is 33.8 Å². The molecule has 2 aromatic heterocycles. The Balaban J connectivity index is 1.76. The predicted octanol–water partition coefficient (Wildman–Crippen LogP) is 3.87. The van der Waals surface area contributed by atoms with Gasteiger partial charge in [-0.2, -0.15) is 0 Å². The van der Waals surface area contributed by atoms with Gasteiger partial charge in [0.1, 0.15) is 22.7 Å². The molecule has 0 aliphatic heterocycles. The van der Waals surface area contributed by atoms with Crippen LogP contribution in [0.3, 0.4) is 0 Å². The molecule has 10 heteroatoms. The lowest BCUT2D eigenvalue weighted by Gasteiger charge is -2.19. The molecule has 36 heavy (non-hydrogen) atoms. The van der Waals surface area contributed by atoms with Crippen molar-refractivity contribution in [1.29, 1.82) is 0 Å². The summed E-state index contributed by atoms with van der Waals surface area (Å²) in [6, 6.07) is 12.1. The van der Waals surface area contributed by atoms with Crippen LogP contribution in [0.1, 0.15) is 31.1 Å². The van der Waals surface area contributed by atoms with Crippen molar-refractivity contribution in [2.24, 2.45) is 7.05 Å². The van der Waals surface area contributed by atoms with Crippen LogP contribution in [0, 0.1) is 0 Å². The first-order chi connectivity index (χ1) is 17.0. The molecule has 10 nitrogen and oxygen atoms in total. The first-order valence-electron chi connectivity index (χ1n) is 11.2. The molecule has 0 fully saturated rings. The third-order valence-electron chi connectivity index (χ3n) is 5.62. The number of carbonyl (C=O) groups is 2. The molecule has 0 unspecified atom stereocenters. The normalized spacial score (nSPS) is 11.4. The molecule has 188 valence electrons. The molecule has 0 bridgehead atoms. The summed E-state index contributed by atoms with van der Waals surface area (Å²) < 4.78 is 17.4. The molecule has 2 aromatic carbocycles. The number of nitrogens with zero attached hydrogens (tertiary/aromatic N) is 1. The number of amides is 2. The van der Waals surface area contributed by atoms with E-state index >= 15 is 0 Å². The highest BCUT2D eigenvalue weighted by Gasteiger charge is 2.19. The Hall–Kier alpha value is -4.47. The van der Waals surface area contributed by atoms with Crippen molar-refractivity contribution in [3.63, 3.8) is 0 Å². The van der Waals surface area contributed by atoms with Crippen LogP contribution in [0.2, 0.25) is 0 Å². The van der Waals surface area contributed by atoms with Gasteiger partial charge in [-0.1, -0.05) is 0 Å². The second-order valence-corrected chi connectivity index (χ2v) is 9.22. The maximum absolute atomic E-state index is 13.2. The van der Waals surface area contributed by atoms with Gasteiger partial charge >= 0.3 is 6.09 Å². The average Bonchev–Trinajstić information content (AvgIpc) is 3.21. The second-order valence-electron chi connectivity index (χ2n) is 9.22. The molecular formula is C26H28N4O6. The molecule has 2 heterocycles. The Morgan fingerprint density at radius 1 is 0.917 bits per heavy atom. The van der Waals surface area contributed by atoms with Crippen molar-refractivity contribution in [2.75, 3.05) is 14.2 Å². The first kappa shape index (κ1) is 24.6. The molecule has 0 spiro atoms. The average molecular weight is 493 g/mol. The van der Waals surface area contributed by atoms with E-state index in [-0.39, 0.29) is 5.56 Å². The Labute approximate surface area is 207 Å². The smallest absolute Gasteiger partial charge is 0.426 e. The van der Waals surface area contributed by atoms with E-state index in [1.54, 1.807) is 77.4 Å². The molecule has 0 atom stereocenters. The fourth-order valence-corrected chi connectivity index (χ4v) is 3.94. The minimum Gasteiger partial charge on any atom is -0.497 e. The number of aromatic nitrogens is 2. The summed E-state index contributed by atoms with van der Waals surface area (Å²) in [6.45, 7) is 5.17. The predicted molar refractivity (Wildman–Crippen MR) is 136 cm³/mol. The minimum absolute atomic E-state index is 0.211. The van der Waals surface area contributed by atoms with Gasteiger partial charge in [0.2, 0.25) is 0 Å². The van der Waals surface area contributed by atoms with Crippen molar-refractivity contribution in [3.8, 4) is 22.6 Å². The van der Waals surface area contributed by atoms with Gasteiger partial charge < -0.3 is 19.2 Å². The number of methoxy groups -OCH3 is 2. The highest BCUT2D eigenvalue weighted by Crippen LogP contribution is 2.34. The van der Waals surface area contributed by atoms with Crippen LogP contribution >= 0.6 is 0 Å². The lowest BCUT2D eigenvalue weighted by Crippen LogP contribution is -2.44. The number of aryl methyl sites for hydroxylation is 1. The lowest BCUT2D eigenvalue weighted by atomic mass is 10.0. The van der Waals surface area contributed by atoms with Crippen molar-refractivity contribution < 1.29 is 23.8 Å². The van der Waals surface area contributed by atoms with Crippen molar-refractivity contribution >= 4 is 33.9 Å². The van der Waals surface area contributed by atoms with Crippen molar-refractivity contribution in [3.05, 3.63) is 58.4 Å². The maximum Gasteiger partial charge on any atom is 0.426 e. The van der Waals surface area contributed by atoms with Crippen LogP contribution in [-0.2, 0) is 11.8 Å². The topological polar surface area (TPSA) is 124 Å². The molecule has 0 saturated carbocycles. The molecule has 3 N–H and O–H groups in total. The largest absolute Gasteiger partial charge is 0.497 e.